The van der Waals surface area contributed by atoms with E-state index in [0.717, 1.165) is 50.6 Å². The van der Waals surface area contributed by atoms with Crippen LogP contribution in [-0.2, 0) is 23.0 Å². The van der Waals surface area contributed by atoms with E-state index in [1.807, 2.05) is 0 Å². The molecule has 124 valence electrons. The summed E-state index contributed by atoms with van der Waals surface area (Å²) in [6, 6.07) is 8.94. The normalized spacial score (nSPS) is 18.5. The average molecular weight is 314 g/mol. The minimum Gasteiger partial charge on any atom is -0.381 e. The number of aryl methyl sites for hydroxylation is 2. The number of rotatable bonds is 5. The van der Waals surface area contributed by atoms with Gasteiger partial charge in [-0.25, -0.2) is 0 Å². The molecule has 0 aliphatic carbocycles. The van der Waals surface area contributed by atoms with Gasteiger partial charge in [0.05, 0.1) is 6.61 Å². The van der Waals surface area contributed by atoms with Crippen molar-refractivity contribution in [1.29, 1.82) is 0 Å². The van der Waals surface area contributed by atoms with Crippen LogP contribution in [0.2, 0.25) is 0 Å². The predicted octanol–water partition coefficient (Wildman–Crippen LogP) is 4.05. The van der Waals surface area contributed by atoms with Crippen LogP contribution in [0.25, 0.3) is 0 Å². The smallest absolute Gasteiger partial charge is 0.226 e. The molecular weight excluding hydrogens is 288 g/mol. The van der Waals surface area contributed by atoms with Crippen LogP contribution in [0.15, 0.2) is 28.8 Å². The van der Waals surface area contributed by atoms with Gasteiger partial charge in [-0.2, -0.15) is 4.98 Å². The molecule has 1 aromatic carbocycles. The standard InChI is InChI=1S/C19H26N2O2/c1-19(2,3)16-9-7-14(8-10-16)5-4-6-17-20-18(21-23-17)15-11-12-22-13-15/h7-10,15H,4-6,11-13H2,1-3H3. The second kappa shape index (κ2) is 6.83. The van der Waals surface area contributed by atoms with E-state index < -0.39 is 0 Å². The Bertz CT molecular complexity index is 620. The lowest BCUT2D eigenvalue weighted by Crippen LogP contribution is -2.10. The predicted molar refractivity (Wildman–Crippen MR) is 89.6 cm³/mol. The van der Waals surface area contributed by atoms with E-state index in [2.05, 4.69) is 55.2 Å². The molecule has 0 radical (unpaired) electrons. The number of nitrogens with zero attached hydrogens (tertiary/aromatic N) is 2. The van der Waals surface area contributed by atoms with Gasteiger partial charge in [-0.3, -0.25) is 0 Å². The molecule has 4 heteroatoms. The molecule has 1 aromatic heterocycles. The number of aromatic nitrogens is 2. The lowest BCUT2D eigenvalue weighted by molar-refractivity contribution is 0.192. The zero-order chi connectivity index (χ0) is 16.3. The summed E-state index contributed by atoms with van der Waals surface area (Å²) in [6.45, 7) is 8.25. The topological polar surface area (TPSA) is 48.2 Å². The maximum Gasteiger partial charge on any atom is 0.226 e. The fraction of sp³-hybridized carbons (Fsp3) is 0.579. The van der Waals surface area contributed by atoms with Gasteiger partial charge in [-0.05, 0) is 35.8 Å². The van der Waals surface area contributed by atoms with Gasteiger partial charge in [0.25, 0.3) is 0 Å². The van der Waals surface area contributed by atoms with E-state index in [4.69, 9.17) is 9.26 Å². The third-order valence-electron chi connectivity index (χ3n) is 4.45. The van der Waals surface area contributed by atoms with Crippen molar-refractivity contribution < 1.29 is 9.26 Å². The monoisotopic (exact) mass is 314 g/mol. The second-order valence-electron chi connectivity index (χ2n) is 7.41. The van der Waals surface area contributed by atoms with Gasteiger partial charge < -0.3 is 9.26 Å². The SMILES string of the molecule is CC(C)(C)c1ccc(CCCc2nc(C3CCOC3)no2)cc1. The molecule has 0 amide bonds. The van der Waals surface area contributed by atoms with Crippen molar-refractivity contribution >= 4 is 0 Å². The van der Waals surface area contributed by atoms with Gasteiger partial charge in [0, 0.05) is 18.9 Å². The summed E-state index contributed by atoms with van der Waals surface area (Å²) in [6.07, 6.45) is 3.90. The first-order valence-corrected chi connectivity index (χ1v) is 8.52. The van der Waals surface area contributed by atoms with Crippen LogP contribution in [0.3, 0.4) is 0 Å². The van der Waals surface area contributed by atoms with E-state index in [-0.39, 0.29) is 5.41 Å². The Kier molecular flexibility index (Phi) is 4.81. The highest BCUT2D eigenvalue weighted by molar-refractivity contribution is 5.27. The molecule has 4 nitrogen and oxygen atoms in total. The first-order chi connectivity index (χ1) is 11.0. The van der Waals surface area contributed by atoms with E-state index in [0.29, 0.717) is 5.92 Å². The molecule has 1 saturated heterocycles. The molecule has 2 aromatic rings. The lowest BCUT2D eigenvalue weighted by Gasteiger charge is -2.19. The van der Waals surface area contributed by atoms with E-state index in [9.17, 15) is 0 Å². The van der Waals surface area contributed by atoms with Crippen molar-refractivity contribution in [3.8, 4) is 0 Å². The summed E-state index contributed by atoms with van der Waals surface area (Å²) in [5.41, 5.74) is 2.95. The van der Waals surface area contributed by atoms with Gasteiger partial charge in [0.1, 0.15) is 0 Å². The molecule has 2 heterocycles. The molecular formula is C19H26N2O2. The number of hydrogen-bond acceptors (Lipinski definition) is 4. The van der Waals surface area contributed by atoms with Crippen molar-refractivity contribution in [1.82, 2.24) is 10.1 Å². The first kappa shape index (κ1) is 16.2. The Morgan fingerprint density at radius 3 is 2.57 bits per heavy atom. The fourth-order valence-corrected chi connectivity index (χ4v) is 2.89. The molecule has 1 atom stereocenters. The molecule has 1 unspecified atom stereocenters. The van der Waals surface area contributed by atoms with E-state index in [1.54, 1.807) is 0 Å². The molecule has 0 bridgehead atoms. The zero-order valence-electron chi connectivity index (χ0n) is 14.3. The lowest BCUT2D eigenvalue weighted by atomic mass is 9.86. The summed E-state index contributed by atoms with van der Waals surface area (Å²) < 4.78 is 10.7. The van der Waals surface area contributed by atoms with Crippen LogP contribution >= 0.6 is 0 Å². The Hall–Kier alpha value is -1.68. The Morgan fingerprint density at radius 1 is 1.13 bits per heavy atom. The third kappa shape index (κ3) is 4.20. The summed E-state index contributed by atoms with van der Waals surface area (Å²) in [7, 11) is 0. The van der Waals surface area contributed by atoms with Crippen molar-refractivity contribution in [2.24, 2.45) is 0 Å². The van der Waals surface area contributed by atoms with Crippen molar-refractivity contribution in [2.45, 2.75) is 57.8 Å². The Labute approximate surface area is 138 Å². The minimum absolute atomic E-state index is 0.211. The van der Waals surface area contributed by atoms with Crippen molar-refractivity contribution in [2.75, 3.05) is 13.2 Å². The van der Waals surface area contributed by atoms with Crippen LogP contribution in [0.5, 0.6) is 0 Å². The molecule has 1 fully saturated rings. The van der Waals surface area contributed by atoms with Crippen LogP contribution < -0.4 is 0 Å². The molecule has 23 heavy (non-hydrogen) atoms. The van der Waals surface area contributed by atoms with Gasteiger partial charge in [0.2, 0.25) is 5.89 Å². The van der Waals surface area contributed by atoms with E-state index >= 15 is 0 Å². The number of hydrogen-bond donors (Lipinski definition) is 0. The summed E-state index contributed by atoms with van der Waals surface area (Å²) in [5, 5.41) is 4.10. The third-order valence-corrected chi connectivity index (χ3v) is 4.45. The Balaban J connectivity index is 1.49. The second-order valence-corrected chi connectivity index (χ2v) is 7.41. The van der Waals surface area contributed by atoms with Gasteiger partial charge in [0.15, 0.2) is 5.82 Å². The van der Waals surface area contributed by atoms with Crippen LogP contribution in [0.1, 0.15) is 62.4 Å². The highest BCUT2D eigenvalue weighted by Gasteiger charge is 2.22. The number of ether oxygens (including phenoxy) is 1. The molecule has 0 saturated carbocycles. The summed E-state index contributed by atoms with van der Waals surface area (Å²) in [5.74, 6) is 1.88. The van der Waals surface area contributed by atoms with Crippen molar-refractivity contribution in [3.05, 3.63) is 47.1 Å². The van der Waals surface area contributed by atoms with Gasteiger partial charge in [-0.15, -0.1) is 0 Å². The highest BCUT2D eigenvalue weighted by atomic mass is 16.5. The van der Waals surface area contributed by atoms with E-state index in [1.165, 1.54) is 11.1 Å². The first-order valence-electron chi connectivity index (χ1n) is 8.52. The fourth-order valence-electron chi connectivity index (χ4n) is 2.89. The number of benzene rings is 1. The largest absolute Gasteiger partial charge is 0.381 e. The minimum atomic E-state index is 0.211. The average Bonchev–Trinajstić information content (AvgIpc) is 3.18. The van der Waals surface area contributed by atoms with Crippen LogP contribution in [0.4, 0.5) is 0 Å². The summed E-state index contributed by atoms with van der Waals surface area (Å²) >= 11 is 0. The molecule has 0 spiro atoms. The van der Waals surface area contributed by atoms with Crippen LogP contribution in [-0.4, -0.2) is 23.4 Å². The molecule has 1 aliphatic rings. The zero-order valence-corrected chi connectivity index (χ0v) is 14.3. The van der Waals surface area contributed by atoms with Gasteiger partial charge in [-0.1, -0.05) is 50.2 Å². The molecule has 3 rings (SSSR count). The molecule has 0 N–H and O–H groups in total. The van der Waals surface area contributed by atoms with Crippen molar-refractivity contribution in [3.63, 3.8) is 0 Å². The van der Waals surface area contributed by atoms with Gasteiger partial charge >= 0.3 is 0 Å². The maximum absolute atomic E-state index is 5.37. The quantitative estimate of drug-likeness (QED) is 0.835. The Morgan fingerprint density at radius 2 is 1.91 bits per heavy atom. The summed E-state index contributed by atoms with van der Waals surface area (Å²) in [4.78, 5) is 4.51. The van der Waals surface area contributed by atoms with Crippen LogP contribution in [0, 0.1) is 0 Å². The maximum atomic E-state index is 5.37. The molecule has 1 aliphatic heterocycles. The highest BCUT2D eigenvalue weighted by Crippen LogP contribution is 2.24.